The highest BCUT2D eigenvalue weighted by Crippen LogP contribution is 2.68. The second-order valence-electron chi connectivity index (χ2n) is 6.62. The van der Waals surface area contributed by atoms with Crippen LogP contribution in [0.4, 0.5) is 0 Å². The third-order valence-corrected chi connectivity index (χ3v) is 4.96. The molecule has 1 saturated carbocycles. The van der Waals surface area contributed by atoms with E-state index in [0.29, 0.717) is 26.2 Å². The molecular weight excluding hydrogens is 218 g/mol. The van der Waals surface area contributed by atoms with Crippen LogP contribution in [0.15, 0.2) is 0 Å². The maximum atomic E-state index is 12.1. The molecule has 17 heavy (non-hydrogen) atoms. The first-order valence-corrected chi connectivity index (χ1v) is 6.29. The van der Waals surface area contributed by atoms with Crippen molar-refractivity contribution in [3.8, 4) is 0 Å². The van der Waals surface area contributed by atoms with Gasteiger partial charge in [-0.3, -0.25) is 4.79 Å². The molecule has 1 aliphatic carbocycles. The highest BCUT2D eigenvalue weighted by Gasteiger charge is 2.68. The molecule has 0 spiro atoms. The molecule has 98 valence electrons. The number of carbonyl (C=O) groups is 1. The number of amides is 1. The van der Waals surface area contributed by atoms with Crippen molar-refractivity contribution < 1.29 is 14.6 Å². The Hall–Kier alpha value is -0.610. The highest BCUT2D eigenvalue weighted by atomic mass is 16.5. The fraction of sp³-hybridized carbons (Fsp3) is 0.923. The van der Waals surface area contributed by atoms with E-state index in [1.807, 2.05) is 0 Å². The lowest BCUT2D eigenvalue weighted by Gasteiger charge is -2.20. The van der Waals surface area contributed by atoms with Gasteiger partial charge in [0, 0.05) is 25.5 Å². The SMILES string of the molecule is CC1(C)C(C(=O)NCC2(O)CCOC2)C1(C)C. The van der Waals surface area contributed by atoms with Crippen molar-refractivity contribution in [3.05, 3.63) is 0 Å². The van der Waals surface area contributed by atoms with E-state index in [2.05, 4.69) is 33.0 Å². The maximum Gasteiger partial charge on any atom is 0.224 e. The Morgan fingerprint density at radius 3 is 2.35 bits per heavy atom. The van der Waals surface area contributed by atoms with Gasteiger partial charge in [-0.2, -0.15) is 0 Å². The van der Waals surface area contributed by atoms with Crippen molar-refractivity contribution in [2.45, 2.75) is 39.7 Å². The van der Waals surface area contributed by atoms with Crippen LogP contribution in [0.1, 0.15) is 34.1 Å². The van der Waals surface area contributed by atoms with E-state index in [9.17, 15) is 9.90 Å². The van der Waals surface area contributed by atoms with Crippen molar-refractivity contribution in [1.82, 2.24) is 5.32 Å². The molecule has 0 bridgehead atoms. The van der Waals surface area contributed by atoms with Crippen LogP contribution in [-0.2, 0) is 9.53 Å². The van der Waals surface area contributed by atoms with Gasteiger partial charge in [-0.25, -0.2) is 0 Å². The summed E-state index contributed by atoms with van der Waals surface area (Å²) in [4.78, 5) is 12.1. The van der Waals surface area contributed by atoms with Gasteiger partial charge in [-0.15, -0.1) is 0 Å². The lowest BCUT2D eigenvalue weighted by atomic mass is 10.0. The van der Waals surface area contributed by atoms with Crippen LogP contribution < -0.4 is 5.32 Å². The Labute approximate surface area is 103 Å². The van der Waals surface area contributed by atoms with E-state index in [-0.39, 0.29) is 22.7 Å². The molecule has 0 aromatic rings. The average Bonchev–Trinajstić information content (AvgIpc) is 2.54. The predicted octanol–water partition coefficient (Wildman–Crippen LogP) is 0.936. The van der Waals surface area contributed by atoms with Gasteiger partial charge in [-0.05, 0) is 10.8 Å². The van der Waals surface area contributed by atoms with Crippen LogP contribution in [0.25, 0.3) is 0 Å². The second-order valence-corrected chi connectivity index (χ2v) is 6.62. The molecule has 2 fully saturated rings. The normalized spacial score (nSPS) is 34.6. The fourth-order valence-corrected chi connectivity index (χ4v) is 2.94. The highest BCUT2D eigenvalue weighted by molar-refractivity contribution is 5.84. The van der Waals surface area contributed by atoms with E-state index in [4.69, 9.17) is 4.74 Å². The topological polar surface area (TPSA) is 58.6 Å². The molecule has 1 saturated heterocycles. The van der Waals surface area contributed by atoms with Crippen LogP contribution in [-0.4, -0.2) is 36.4 Å². The summed E-state index contributed by atoms with van der Waals surface area (Å²) in [7, 11) is 0. The van der Waals surface area contributed by atoms with Gasteiger partial charge in [0.25, 0.3) is 0 Å². The smallest absolute Gasteiger partial charge is 0.224 e. The fourth-order valence-electron chi connectivity index (χ4n) is 2.94. The standard InChI is InChI=1S/C13H23NO3/c1-11(2)9(12(11,3)4)10(15)14-7-13(16)5-6-17-8-13/h9,16H,5-8H2,1-4H3,(H,14,15). The summed E-state index contributed by atoms with van der Waals surface area (Å²) in [5.74, 6) is 0.0984. The van der Waals surface area contributed by atoms with Crippen LogP contribution in [0.3, 0.4) is 0 Å². The van der Waals surface area contributed by atoms with E-state index >= 15 is 0 Å². The van der Waals surface area contributed by atoms with E-state index in [1.54, 1.807) is 0 Å². The Kier molecular flexibility index (Phi) is 2.79. The third kappa shape index (κ3) is 1.97. The van der Waals surface area contributed by atoms with Crippen LogP contribution >= 0.6 is 0 Å². The minimum atomic E-state index is -0.862. The van der Waals surface area contributed by atoms with Crippen LogP contribution in [0.2, 0.25) is 0 Å². The molecule has 0 aromatic heterocycles. The van der Waals surface area contributed by atoms with Crippen molar-refractivity contribution in [1.29, 1.82) is 0 Å². The van der Waals surface area contributed by atoms with Crippen LogP contribution in [0, 0.1) is 16.7 Å². The molecule has 1 unspecified atom stereocenters. The van der Waals surface area contributed by atoms with E-state index in [1.165, 1.54) is 0 Å². The molecule has 0 radical (unpaired) electrons. The first-order chi connectivity index (χ1) is 7.71. The van der Waals surface area contributed by atoms with Crippen LogP contribution in [0.5, 0.6) is 0 Å². The van der Waals surface area contributed by atoms with E-state index < -0.39 is 5.60 Å². The summed E-state index contributed by atoms with van der Waals surface area (Å²) in [5.41, 5.74) is -0.767. The number of rotatable bonds is 3. The van der Waals surface area contributed by atoms with Crippen molar-refractivity contribution >= 4 is 5.91 Å². The third-order valence-electron chi connectivity index (χ3n) is 4.96. The van der Waals surface area contributed by atoms with Gasteiger partial charge in [0.15, 0.2) is 0 Å². The average molecular weight is 241 g/mol. The monoisotopic (exact) mass is 241 g/mol. The van der Waals surface area contributed by atoms with Gasteiger partial charge in [-0.1, -0.05) is 27.7 Å². The zero-order chi connectivity index (χ0) is 12.9. The molecule has 4 nitrogen and oxygen atoms in total. The van der Waals surface area contributed by atoms with Crippen molar-refractivity contribution in [3.63, 3.8) is 0 Å². The molecule has 1 aliphatic heterocycles. The lowest BCUT2D eigenvalue weighted by Crippen LogP contribution is -2.44. The zero-order valence-corrected chi connectivity index (χ0v) is 11.2. The van der Waals surface area contributed by atoms with Gasteiger partial charge < -0.3 is 15.2 Å². The number of hydrogen-bond donors (Lipinski definition) is 2. The Balaban J connectivity index is 1.87. The summed E-state index contributed by atoms with van der Waals surface area (Å²) >= 11 is 0. The zero-order valence-electron chi connectivity index (χ0n) is 11.2. The second kappa shape index (κ2) is 3.69. The van der Waals surface area contributed by atoms with E-state index in [0.717, 1.165) is 0 Å². The Morgan fingerprint density at radius 2 is 1.94 bits per heavy atom. The first-order valence-electron chi connectivity index (χ1n) is 6.29. The molecule has 1 heterocycles. The summed E-state index contributed by atoms with van der Waals surface area (Å²) in [6.07, 6.45) is 0.602. The molecule has 0 aromatic carbocycles. The van der Waals surface area contributed by atoms with Crippen molar-refractivity contribution in [2.75, 3.05) is 19.8 Å². The molecule has 2 rings (SSSR count). The minimum Gasteiger partial charge on any atom is -0.386 e. The molecule has 2 aliphatic rings. The number of ether oxygens (including phenoxy) is 1. The summed E-state index contributed by atoms with van der Waals surface area (Å²) in [6.45, 7) is 9.66. The minimum absolute atomic E-state index is 0.0425. The number of nitrogens with one attached hydrogen (secondary N) is 1. The molecule has 1 atom stereocenters. The first kappa shape index (κ1) is 12.8. The molecule has 1 amide bonds. The predicted molar refractivity (Wildman–Crippen MR) is 64.4 cm³/mol. The summed E-state index contributed by atoms with van der Waals surface area (Å²) in [5, 5.41) is 12.9. The quantitative estimate of drug-likeness (QED) is 0.773. The maximum absolute atomic E-state index is 12.1. The largest absolute Gasteiger partial charge is 0.386 e. The van der Waals surface area contributed by atoms with Gasteiger partial charge in [0.2, 0.25) is 5.91 Å². The van der Waals surface area contributed by atoms with Crippen molar-refractivity contribution in [2.24, 2.45) is 16.7 Å². The number of aliphatic hydroxyl groups is 1. The molecule has 4 heteroatoms. The Morgan fingerprint density at radius 1 is 1.35 bits per heavy atom. The Bertz CT molecular complexity index is 316. The summed E-state index contributed by atoms with van der Waals surface area (Å²) < 4.78 is 5.15. The van der Waals surface area contributed by atoms with Gasteiger partial charge >= 0.3 is 0 Å². The number of carbonyl (C=O) groups excluding carboxylic acids is 1. The van der Waals surface area contributed by atoms with Gasteiger partial charge in [0.05, 0.1) is 6.61 Å². The number of hydrogen-bond acceptors (Lipinski definition) is 3. The molecular formula is C13H23NO3. The lowest BCUT2D eigenvalue weighted by molar-refractivity contribution is -0.124. The van der Waals surface area contributed by atoms with Gasteiger partial charge in [0.1, 0.15) is 5.60 Å². The molecule has 2 N–H and O–H groups in total. The summed E-state index contributed by atoms with van der Waals surface area (Å²) in [6, 6.07) is 0.